The van der Waals surface area contributed by atoms with Crippen LogP contribution in [0.5, 0.6) is 0 Å². The number of nitrogens with one attached hydrogen (secondary N) is 1. The lowest BCUT2D eigenvalue weighted by atomic mass is 9.99. The van der Waals surface area contributed by atoms with Gasteiger partial charge in [-0.25, -0.2) is 8.42 Å². The monoisotopic (exact) mass is 282 g/mol. The van der Waals surface area contributed by atoms with Gasteiger partial charge in [-0.2, -0.15) is 4.31 Å². The lowest BCUT2D eigenvalue weighted by molar-refractivity contribution is 0.360. The summed E-state index contributed by atoms with van der Waals surface area (Å²) in [7, 11) is -3.32. The van der Waals surface area contributed by atoms with Crippen LogP contribution in [-0.2, 0) is 10.0 Å². The molecule has 1 fully saturated rings. The fourth-order valence-electron chi connectivity index (χ4n) is 2.24. The van der Waals surface area contributed by atoms with E-state index in [0.717, 1.165) is 19.5 Å². The molecular formula is C14H22N2O2S. The summed E-state index contributed by atoms with van der Waals surface area (Å²) in [5.41, 5.74) is 1.20. The zero-order valence-electron chi connectivity index (χ0n) is 11.6. The van der Waals surface area contributed by atoms with E-state index in [4.69, 9.17) is 0 Å². The van der Waals surface area contributed by atoms with Gasteiger partial charge < -0.3 is 5.32 Å². The molecule has 4 nitrogen and oxygen atoms in total. The van der Waals surface area contributed by atoms with E-state index in [-0.39, 0.29) is 0 Å². The van der Waals surface area contributed by atoms with Crippen molar-refractivity contribution in [1.29, 1.82) is 0 Å². The van der Waals surface area contributed by atoms with Crippen molar-refractivity contribution in [3.8, 4) is 0 Å². The molecule has 0 aromatic heterocycles. The summed E-state index contributed by atoms with van der Waals surface area (Å²) < 4.78 is 26.4. The second-order valence-electron chi connectivity index (χ2n) is 5.03. The van der Waals surface area contributed by atoms with Crippen molar-refractivity contribution in [1.82, 2.24) is 9.62 Å². The Labute approximate surface area is 115 Å². The van der Waals surface area contributed by atoms with Crippen molar-refractivity contribution in [2.24, 2.45) is 0 Å². The van der Waals surface area contributed by atoms with E-state index < -0.39 is 10.0 Å². The maximum Gasteiger partial charge on any atom is 0.243 e. The topological polar surface area (TPSA) is 49.4 Å². The molecule has 1 N–H and O–H groups in total. The van der Waals surface area contributed by atoms with E-state index in [9.17, 15) is 8.42 Å². The molecule has 19 heavy (non-hydrogen) atoms. The molecule has 5 heteroatoms. The van der Waals surface area contributed by atoms with Gasteiger partial charge >= 0.3 is 0 Å². The number of rotatable bonds is 4. The van der Waals surface area contributed by atoms with Crippen LogP contribution in [0.25, 0.3) is 0 Å². The van der Waals surface area contributed by atoms with Crippen LogP contribution in [0.2, 0.25) is 0 Å². The fraction of sp³-hybridized carbons (Fsp3) is 0.571. The average Bonchev–Trinajstić information content (AvgIpc) is 2.47. The fourth-order valence-corrected chi connectivity index (χ4v) is 3.68. The zero-order chi connectivity index (χ0) is 13.9. The maximum atomic E-state index is 12.4. The molecule has 106 valence electrons. The molecule has 1 saturated heterocycles. The molecular weight excluding hydrogens is 260 g/mol. The molecule has 1 aliphatic rings. The van der Waals surface area contributed by atoms with Crippen LogP contribution in [0.1, 0.15) is 31.7 Å². The van der Waals surface area contributed by atoms with Crippen LogP contribution in [0, 0.1) is 0 Å². The Balaban J connectivity index is 2.21. The summed E-state index contributed by atoms with van der Waals surface area (Å²) >= 11 is 0. The third-order valence-corrected chi connectivity index (χ3v) is 5.69. The molecule has 0 aliphatic carbocycles. The number of piperazine rings is 1. The summed E-state index contributed by atoms with van der Waals surface area (Å²) in [4.78, 5) is 0.404. The highest BCUT2D eigenvalue weighted by atomic mass is 32.2. The molecule has 1 aromatic rings. The van der Waals surface area contributed by atoms with Gasteiger partial charge in [-0.1, -0.05) is 26.0 Å². The Bertz CT molecular complexity index is 505. The van der Waals surface area contributed by atoms with Gasteiger partial charge in [0.1, 0.15) is 0 Å². The number of hydrogen-bond donors (Lipinski definition) is 1. The van der Waals surface area contributed by atoms with E-state index in [2.05, 4.69) is 19.2 Å². The van der Waals surface area contributed by atoms with Crippen LogP contribution in [0.3, 0.4) is 0 Å². The van der Waals surface area contributed by atoms with Crippen LogP contribution in [-0.4, -0.2) is 38.9 Å². The van der Waals surface area contributed by atoms with Crippen LogP contribution in [0.4, 0.5) is 0 Å². The molecule has 1 heterocycles. The Morgan fingerprint density at radius 1 is 1.21 bits per heavy atom. The highest BCUT2D eigenvalue weighted by Gasteiger charge is 2.25. The minimum absolute atomic E-state index is 0.404. The first-order valence-electron chi connectivity index (χ1n) is 6.86. The second-order valence-corrected chi connectivity index (χ2v) is 6.97. The second kappa shape index (κ2) is 6.03. The van der Waals surface area contributed by atoms with E-state index in [1.165, 1.54) is 5.56 Å². The van der Waals surface area contributed by atoms with E-state index in [1.807, 2.05) is 12.1 Å². The van der Waals surface area contributed by atoms with Gasteiger partial charge in [-0.3, -0.25) is 0 Å². The van der Waals surface area contributed by atoms with Gasteiger partial charge in [-0.05, 0) is 30.0 Å². The third kappa shape index (κ3) is 3.16. The Kier molecular flexibility index (Phi) is 4.60. The van der Waals surface area contributed by atoms with E-state index >= 15 is 0 Å². The highest BCUT2D eigenvalue weighted by molar-refractivity contribution is 7.89. The number of sulfonamides is 1. The smallest absolute Gasteiger partial charge is 0.243 e. The molecule has 1 atom stereocenters. The molecule has 0 bridgehead atoms. The van der Waals surface area contributed by atoms with Crippen LogP contribution in [0.15, 0.2) is 29.2 Å². The molecule has 0 unspecified atom stereocenters. The summed E-state index contributed by atoms with van der Waals surface area (Å²) in [5, 5.41) is 3.16. The van der Waals surface area contributed by atoms with E-state index in [1.54, 1.807) is 16.4 Å². The minimum atomic E-state index is -3.32. The maximum absolute atomic E-state index is 12.4. The van der Waals surface area contributed by atoms with Crippen LogP contribution >= 0.6 is 0 Å². The van der Waals surface area contributed by atoms with Crippen molar-refractivity contribution in [3.63, 3.8) is 0 Å². The largest absolute Gasteiger partial charge is 0.314 e. The first kappa shape index (κ1) is 14.5. The summed E-state index contributed by atoms with van der Waals surface area (Å²) in [6.07, 6.45) is 1.06. The Hall–Kier alpha value is -0.910. The third-order valence-electron chi connectivity index (χ3n) is 3.78. The van der Waals surface area contributed by atoms with Crippen LogP contribution < -0.4 is 5.32 Å². The number of nitrogens with zero attached hydrogens (tertiary/aromatic N) is 1. The Morgan fingerprint density at radius 2 is 1.79 bits per heavy atom. The van der Waals surface area contributed by atoms with E-state index in [0.29, 0.717) is 23.9 Å². The number of benzene rings is 1. The Morgan fingerprint density at radius 3 is 2.32 bits per heavy atom. The standard InChI is InChI=1S/C14H22N2O2S/c1-3-12(2)13-4-6-14(7-5-13)19(17,18)16-10-8-15-9-11-16/h4-7,12,15H,3,8-11H2,1-2H3/t12-/m1/s1. The van der Waals surface area contributed by atoms with Gasteiger partial charge in [0.25, 0.3) is 0 Å². The SMILES string of the molecule is CC[C@@H](C)c1ccc(S(=O)(=O)N2CCNCC2)cc1. The normalized spacial score (nSPS) is 19.3. The quantitative estimate of drug-likeness (QED) is 0.916. The highest BCUT2D eigenvalue weighted by Crippen LogP contribution is 2.22. The first-order valence-corrected chi connectivity index (χ1v) is 8.30. The zero-order valence-corrected chi connectivity index (χ0v) is 12.4. The van der Waals surface area contributed by atoms with Gasteiger partial charge in [0, 0.05) is 26.2 Å². The number of hydrogen-bond acceptors (Lipinski definition) is 3. The average molecular weight is 282 g/mol. The summed E-state index contributed by atoms with van der Waals surface area (Å²) in [6, 6.07) is 7.34. The summed E-state index contributed by atoms with van der Waals surface area (Å²) in [6.45, 7) is 6.84. The lowest BCUT2D eigenvalue weighted by Crippen LogP contribution is -2.46. The van der Waals surface area contributed by atoms with Crippen molar-refractivity contribution < 1.29 is 8.42 Å². The van der Waals surface area contributed by atoms with Gasteiger partial charge in [-0.15, -0.1) is 0 Å². The predicted octanol–water partition coefficient (Wildman–Crippen LogP) is 1.79. The predicted molar refractivity (Wildman–Crippen MR) is 76.8 cm³/mol. The first-order chi connectivity index (χ1) is 9.05. The van der Waals surface area contributed by atoms with Gasteiger partial charge in [0.15, 0.2) is 0 Å². The molecule has 0 amide bonds. The summed E-state index contributed by atoms with van der Waals surface area (Å²) in [5.74, 6) is 0.468. The lowest BCUT2D eigenvalue weighted by Gasteiger charge is -2.26. The molecule has 0 saturated carbocycles. The van der Waals surface area contributed by atoms with Gasteiger partial charge in [0.05, 0.1) is 4.90 Å². The molecule has 2 rings (SSSR count). The minimum Gasteiger partial charge on any atom is -0.314 e. The molecule has 0 spiro atoms. The van der Waals surface area contributed by atoms with Crippen molar-refractivity contribution in [3.05, 3.63) is 29.8 Å². The van der Waals surface area contributed by atoms with Crippen molar-refractivity contribution in [2.75, 3.05) is 26.2 Å². The molecule has 1 aliphatic heterocycles. The van der Waals surface area contributed by atoms with Crippen molar-refractivity contribution >= 4 is 10.0 Å². The van der Waals surface area contributed by atoms with Gasteiger partial charge in [0.2, 0.25) is 10.0 Å². The molecule has 0 radical (unpaired) electrons. The molecule has 1 aromatic carbocycles. The van der Waals surface area contributed by atoms with Crippen molar-refractivity contribution in [2.45, 2.75) is 31.1 Å².